The summed E-state index contributed by atoms with van der Waals surface area (Å²) in [6.45, 7) is 1.73. The van der Waals surface area contributed by atoms with Crippen LogP contribution in [0.3, 0.4) is 0 Å². The van der Waals surface area contributed by atoms with Gasteiger partial charge in [0.15, 0.2) is 6.29 Å². The summed E-state index contributed by atoms with van der Waals surface area (Å²) in [5, 5.41) is 5.54. The zero-order valence-electron chi connectivity index (χ0n) is 11.3. The van der Waals surface area contributed by atoms with Crippen molar-refractivity contribution >= 4 is 40.2 Å². The van der Waals surface area contributed by atoms with E-state index in [2.05, 4.69) is 15.3 Å². The lowest BCUT2D eigenvalue weighted by molar-refractivity contribution is 0.112. The zero-order valence-corrected chi connectivity index (χ0v) is 12.1. The highest BCUT2D eigenvalue weighted by Crippen LogP contribution is 2.25. The van der Waals surface area contributed by atoms with Gasteiger partial charge in [0.05, 0.1) is 5.56 Å². The Labute approximate surface area is 126 Å². The SMILES string of the molecule is Cc1nc(Cl)c(C=O)c(Nc2ccc3ccccc3c2)n1. The lowest BCUT2D eigenvalue weighted by Crippen LogP contribution is -2.03. The number of benzene rings is 2. The van der Waals surface area contributed by atoms with E-state index in [1.165, 1.54) is 0 Å². The number of aromatic nitrogens is 2. The molecule has 1 aromatic heterocycles. The van der Waals surface area contributed by atoms with E-state index in [1.54, 1.807) is 6.92 Å². The molecule has 104 valence electrons. The third kappa shape index (κ3) is 2.71. The molecule has 0 spiro atoms. The number of aryl methyl sites for hydroxylation is 1. The molecule has 0 saturated heterocycles. The first-order valence-corrected chi connectivity index (χ1v) is 6.80. The highest BCUT2D eigenvalue weighted by molar-refractivity contribution is 6.32. The Hall–Kier alpha value is -2.46. The molecule has 2 aromatic carbocycles. The number of fused-ring (bicyclic) bond motifs is 1. The second-order valence-corrected chi connectivity index (χ2v) is 4.99. The van der Waals surface area contributed by atoms with Crippen LogP contribution in [0.5, 0.6) is 0 Å². The van der Waals surface area contributed by atoms with E-state index < -0.39 is 0 Å². The summed E-state index contributed by atoms with van der Waals surface area (Å²) in [5.41, 5.74) is 1.10. The van der Waals surface area contributed by atoms with Crippen molar-refractivity contribution in [3.63, 3.8) is 0 Å². The first-order chi connectivity index (χ1) is 10.2. The van der Waals surface area contributed by atoms with Gasteiger partial charge >= 0.3 is 0 Å². The van der Waals surface area contributed by atoms with Crippen LogP contribution in [0.4, 0.5) is 11.5 Å². The second kappa shape index (κ2) is 5.50. The molecule has 0 aliphatic carbocycles. The van der Waals surface area contributed by atoms with Crippen molar-refractivity contribution in [2.75, 3.05) is 5.32 Å². The summed E-state index contributed by atoms with van der Waals surface area (Å²) < 4.78 is 0. The quantitative estimate of drug-likeness (QED) is 0.583. The fourth-order valence-corrected chi connectivity index (χ4v) is 2.41. The number of hydrogen-bond donors (Lipinski definition) is 1. The van der Waals surface area contributed by atoms with Crippen molar-refractivity contribution in [1.29, 1.82) is 0 Å². The van der Waals surface area contributed by atoms with Crippen LogP contribution in [0.15, 0.2) is 42.5 Å². The number of carbonyl (C=O) groups excluding carboxylic acids is 1. The van der Waals surface area contributed by atoms with Crippen molar-refractivity contribution in [1.82, 2.24) is 9.97 Å². The van der Waals surface area contributed by atoms with E-state index in [4.69, 9.17) is 11.6 Å². The van der Waals surface area contributed by atoms with Gasteiger partial charge in [-0.05, 0) is 29.8 Å². The first-order valence-electron chi connectivity index (χ1n) is 6.42. The van der Waals surface area contributed by atoms with E-state index in [1.807, 2.05) is 42.5 Å². The Morgan fingerprint density at radius 1 is 1.10 bits per heavy atom. The number of nitrogens with zero attached hydrogens (tertiary/aromatic N) is 2. The standard InChI is InChI=1S/C16H12ClN3O/c1-10-18-15(17)14(9-21)16(19-10)20-13-7-6-11-4-2-3-5-12(11)8-13/h2-9H,1H3,(H,18,19,20). The van der Waals surface area contributed by atoms with Crippen LogP contribution >= 0.6 is 11.6 Å². The Bertz CT molecular complexity index is 833. The van der Waals surface area contributed by atoms with Gasteiger partial charge < -0.3 is 5.32 Å². The minimum atomic E-state index is 0.154. The van der Waals surface area contributed by atoms with Gasteiger partial charge in [0.2, 0.25) is 0 Å². The number of carbonyl (C=O) groups is 1. The number of nitrogens with one attached hydrogen (secondary N) is 1. The second-order valence-electron chi connectivity index (χ2n) is 4.63. The van der Waals surface area contributed by atoms with Crippen molar-refractivity contribution < 1.29 is 4.79 Å². The van der Waals surface area contributed by atoms with Gasteiger partial charge in [0.25, 0.3) is 0 Å². The van der Waals surface area contributed by atoms with Crippen LogP contribution in [0, 0.1) is 6.92 Å². The molecule has 3 rings (SSSR count). The van der Waals surface area contributed by atoms with Crippen LogP contribution in [0.2, 0.25) is 5.15 Å². The Kier molecular flexibility index (Phi) is 3.54. The van der Waals surface area contributed by atoms with E-state index in [0.717, 1.165) is 16.5 Å². The average molecular weight is 298 g/mol. The molecule has 0 saturated carbocycles. The van der Waals surface area contributed by atoms with Crippen molar-refractivity contribution in [2.24, 2.45) is 0 Å². The molecule has 0 amide bonds. The van der Waals surface area contributed by atoms with Gasteiger partial charge in [-0.25, -0.2) is 9.97 Å². The number of halogens is 1. The number of anilines is 2. The molecule has 5 heteroatoms. The fraction of sp³-hybridized carbons (Fsp3) is 0.0625. The zero-order chi connectivity index (χ0) is 14.8. The lowest BCUT2D eigenvalue weighted by Gasteiger charge is -2.10. The number of rotatable bonds is 3. The maximum Gasteiger partial charge on any atom is 0.156 e. The van der Waals surface area contributed by atoms with E-state index in [0.29, 0.717) is 17.9 Å². The minimum absolute atomic E-state index is 0.154. The normalized spacial score (nSPS) is 10.6. The van der Waals surface area contributed by atoms with Gasteiger partial charge in [-0.3, -0.25) is 4.79 Å². The molecule has 0 aliphatic heterocycles. The molecule has 0 atom stereocenters. The molecule has 0 bridgehead atoms. The maximum absolute atomic E-state index is 11.2. The fourth-order valence-electron chi connectivity index (χ4n) is 2.15. The number of aldehydes is 1. The summed E-state index contributed by atoms with van der Waals surface area (Å²) in [4.78, 5) is 19.4. The van der Waals surface area contributed by atoms with Crippen molar-refractivity contribution in [2.45, 2.75) is 6.92 Å². The van der Waals surface area contributed by atoms with Crippen LogP contribution in [0.25, 0.3) is 10.8 Å². The van der Waals surface area contributed by atoms with Gasteiger partial charge in [0.1, 0.15) is 16.8 Å². The molecule has 0 aliphatic rings. The number of hydrogen-bond acceptors (Lipinski definition) is 4. The van der Waals surface area contributed by atoms with E-state index in [-0.39, 0.29) is 10.7 Å². The van der Waals surface area contributed by atoms with Gasteiger partial charge in [-0.1, -0.05) is 41.9 Å². The first kappa shape index (κ1) is 13.5. The molecule has 21 heavy (non-hydrogen) atoms. The van der Waals surface area contributed by atoms with Crippen LogP contribution in [-0.2, 0) is 0 Å². The summed E-state index contributed by atoms with van der Waals surface area (Å²) in [5.74, 6) is 0.923. The highest BCUT2D eigenvalue weighted by atomic mass is 35.5. The van der Waals surface area contributed by atoms with E-state index in [9.17, 15) is 4.79 Å². The molecular formula is C16H12ClN3O. The predicted octanol–water partition coefficient (Wildman–Crippen LogP) is 4.15. The minimum Gasteiger partial charge on any atom is -0.339 e. The Balaban J connectivity index is 2.04. The molecule has 4 nitrogen and oxygen atoms in total. The summed E-state index contributed by atoms with van der Waals surface area (Å²) in [6.07, 6.45) is 0.658. The topological polar surface area (TPSA) is 54.9 Å². The Morgan fingerprint density at radius 2 is 1.86 bits per heavy atom. The summed E-state index contributed by atoms with van der Waals surface area (Å²) in [6, 6.07) is 14.0. The smallest absolute Gasteiger partial charge is 0.156 e. The Morgan fingerprint density at radius 3 is 2.62 bits per heavy atom. The van der Waals surface area contributed by atoms with Crippen LogP contribution in [-0.4, -0.2) is 16.3 Å². The molecular weight excluding hydrogens is 286 g/mol. The highest BCUT2D eigenvalue weighted by Gasteiger charge is 2.11. The lowest BCUT2D eigenvalue weighted by atomic mass is 10.1. The third-order valence-corrected chi connectivity index (χ3v) is 3.43. The monoisotopic (exact) mass is 297 g/mol. The molecule has 3 aromatic rings. The molecule has 1 N–H and O–H groups in total. The van der Waals surface area contributed by atoms with Crippen molar-refractivity contribution in [3.8, 4) is 0 Å². The van der Waals surface area contributed by atoms with Crippen molar-refractivity contribution in [3.05, 3.63) is 59.0 Å². The van der Waals surface area contributed by atoms with Gasteiger partial charge in [-0.15, -0.1) is 0 Å². The van der Waals surface area contributed by atoms with Gasteiger partial charge in [0, 0.05) is 5.69 Å². The summed E-state index contributed by atoms with van der Waals surface area (Å²) in [7, 11) is 0. The average Bonchev–Trinajstić information content (AvgIpc) is 2.47. The largest absolute Gasteiger partial charge is 0.339 e. The summed E-state index contributed by atoms with van der Waals surface area (Å²) >= 11 is 5.97. The third-order valence-electron chi connectivity index (χ3n) is 3.14. The molecule has 0 unspecified atom stereocenters. The molecule has 1 heterocycles. The van der Waals surface area contributed by atoms with Crippen LogP contribution in [0.1, 0.15) is 16.2 Å². The molecule has 0 fully saturated rings. The van der Waals surface area contributed by atoms with E-state index >= 15 is 0 Å². The van der Waals surface area contributed by atoms with Gasteiger partial charge in [-0.2, -0.15) is 0 Å². The predicted molar refractivity (Wildman–Crippen MR) is 84.4 cm³/mol. The van der Waals surface area contributed by atoms with Crippen LogP contribution < -0.4 is 5.32 Å². The molecule has 0 radical (unpaired) electrons. The maximum atomic E-state index is 11.2.